The van der Waals surface area contributed by atoms with Crippen molar-refractivity contribution in [2.24, 2.45) is 0 Å². The molecule has 3 N–H and O–H groups in total. The van der Waals surface area contributed by atoms with Crippen molar-refractivity contribution in [2.45, 2.75) is 13.0 Å². The van der Waals surface area contributed by atoms with Crippen LogP contribution in [-0.2, 0) is 13.0 Å². The molecular formula is C23H20FN5O. The van der Waals surface area contributed by atoms with E-state index in [9.17, 15) is 9.18 Å². The van der Waals surface area contributed by atoms with Crippen molar-refractivity contribution in [1.82, 2.24) is 15.0 Å². The molecule has 1 amide bonds. The molecule has 0 saturated carbocycles. The van der Waals surface area contributed by atoms with Gasteiger partial charge in [0.2, 0.25) is 0 Å². The molecule has 0 aliphatic rings. The average Bonchev–Trinajstić information content (AvgIpc) is 3.24. The highest BCUT2D eigenvalue weighted by Gasteiger charge is 2.13. The van der Waals surface area contributed by atoms with Gasteiger partial charge in [0.15, 0.2) is 5.69 Å². The lowest BCUT2D eigenvalue weighted by Gasteiger charge is -2.10. The number of benzene rings is 3. The van der Waals surface area contributed by atoms with Gasteiger partial charge in [-0.3, -0.25) is 9.48 Å². The summed E-state index contributed by atoms with van der Waals surface area (Å²) in [5.74, 6) is -0.706. The van der Waals surface area contributed by atoms with E-state index in [1.807, 2.05) is 36.4 Å². The molecule has 0 spiro atoms. The highest BCUT2D eigenvalue weighted by atomic mass is 19.1. The summed E-state index contributed by atoms with van der Waals surface area (Å²) in [7, 11) is 0. The summed E-state index contributed by atoms with van der Waals surface area (Å²) in [6.45, 7) is 0.618. The molecule has 4 rings (SSSR count). The first kappa shape index (κ1) is 19.3. The van der Waals surface area contributed by atoms with Gasteiger partial charge in [0.05, 0.1) is 17.6 Å². The predicted octanol–water partition coefficient (Wildman–Crippen LogP) is 4.16. The largest absolute Gasteiger partial charge is 0.397 e. The molecule has 0 radical (unpaired) electrons. The Morgan fingerprint density at radius 2 is 1.73 bits per heavy atom. The Balaban J connectivity index is 1.45. The zero-order valence-electron chi connectivity index (χ0n) is 16.1. The summed E-state index contributed by atoms with van der Waals surface area (Å²) in [5, 5.41) is 10.8. The molecule has 4 aromatic rings. The number of nitrogens with zero attached hydrogens (tertiary/aromatic N) is 3. The Kier molecular flexibility index (Phi) is 5.52. The van der Waals surface area contributed by atoms with E-state index in [1.54, 1.807) is 35.1 Å². The lowest BCUT2D eigenvalue weighted by atomic mass is 10.0. The first-order valence-electron chi connectivity index (χ1n) is 9.49. The number of hydrogen-bond donors (Lipinski definition) is 2. The second-order valence-corrected chi connectivity index (χ2v) is 6.87. The maximum Gasteiger partial charge on any atom is 0.277 e. The Hall–Kier alpha value is -4.00. The Labute approximate surface area is 173 Å². The van der Waals surface area contributed by atoms with Crippen LogP contribution in [0, 0.1) is 5.82 Å². The number of anilines is 2. The third-order valence-corrected chi connectivity index (χ3v) is 4.72. The van der Waals surface area contributed by atoms with Gasteiger partial charge in [0.25, 0.3) is 5.91 Å². The van der Waals surface area contributed by atoms with Crippen LogP contribution in [0.5, 0.6) is 0 Å². The van der Waals surface area contributed by atoms with Crippen LogP contribution in [0.25, 0.3) is 11.1 Å². The molecule has 1 aromatic heterocycles. The topological polar surface area (TPSA) is 85.8 Å². The van der Waals surface area contributed by atoms with Crippen molar-refractivity contribution in [3.05, 3.63) is 96.1 Å². The summed E-state index contributed by atoms with van der Waals surface area (Å²) in [6, 6.07) is 21.4. The molecule has 1 heterocycles. The summed E-state index contributed by atoms with van der Waals surface area (Å²) in [6.07, 6.45) is 2.40. The zero-order chi connectivity index (χ0) is 20.9. The highest BCUT2D eigenvalue weighted by molar-refractivity contribution is 6.04. The first-order valence-corrected chi connectivity index (χ1v) is 9.49. The maximum absolute atomic E-state index is 13.2. The standard InChI is InChI=1S/C23H20FN5O/c24-19-9-6-17(7-10-19)18-8-11-20(25)21(14-18)26-23(30)22-15-29(28-27-22)13-12-16-4-2-1-3-5-16/h1-11,14-15H,12-13,25H2,(H,26,30). The van der Waals surface area contributed by atoms with Gasteiger partial charge in [-0.15, -0.1) is 5.10 Å². The summed E-state index contributed by atoms with van der Waals surface area (Å²) in [5.41, 5.74) is 9.92. The fourth-order valence-corrected chi connectivity index (χ4v) is 3.07. The molecule has 7 heteroatoms. The lowest BCUT2D eigenvalue weighted by Crippen LogP contribution is -2.14. The van der Waals surface area contributed by atoms with Crippen LogP contribution in [0.15, 0.2) is 79.0 Å². The monoisotopic (exact) mass is 401 g/mol. The van der Waals surface area contributed by atoms with Gasteiger partial charge >= 0.3 is 0 Å². The van der Waals surface area contributed by atoms with E-state index in [4.69, 9.17) is 5.73 Å². The van der Waals surface area contributed by atoms with Gasteiger partial charge in [-0.2, -0.15) is 0 Å². The van der Waals surface area contributed by atoms with Crippen LogP contribution in [0.3, 0.4) is 0 Å². The maximum atomic E-state index is 13.2. The quantitative estimate of drug-likeness (QED) is 0.475. The highest BCUT2D eigenvalue weighted by Crippen LogP contribution is 2.27. The number of carbonyl (C=O) groups is 1. The second kappa shape index (κ2) is 8.57. The number of halogens is 1. The molecule has 6 nitrogen and oxygen atoms in total. The molecule has 0 bridgehead atoms. The fourth-order valence-electron chi connectivity index (χ4n) is 3.07. The third kappa shape index (κ3) is 4.52. The lowest BCUT2D eigenvalue weighted by molar-refractivity contribution is 0.102. The number of carbonyl (C=O) groups excluding carboxylic acids is 1. The van der Waals surface area contributed by atoms with E-state index in [0.29, 0.717) is 17.9 Å². The number of aryl methyl sites for hydroxylation is 2. The fraction of sp³-hybridized carbons (Fsp3) is 0.0870. The Morgan fingerprint density at radius 3 is 2.50 bits per heavy atom. The molecule has 0 unspecified atom stereocenters. The Bertz CT molecular complexity index is 1160. The number of nitrogens with one attached hydrogen (secondary N) is 1. The molecular weight excluding hydrogens is 381 g/mol. The third-order valence-electron chi connectivity index (χ3n) is 4.72. The SMILES string of the molecule is Nc1ccc(-c2ccc(F)cc2)cc1NC(=O)c1cn(CCc2ccccc2)nn1. The number of hydrogen-bond acceptors (Lipinski definition) is 4. The van der Waals surface area contributed by atoms with Crippen LogP contribution in [0.2, 0.25) is 0 Å². The molecule has 0 aliphatic carbocycles. The van der Waals surface area contributed by atoms with Crippen molar-refractivity contribution in [3.63, 3.8) is 0 Å². The molecule has 150 valence electrons. The molecule has 3 aromatic carbocycles. The van der Waals surface area contributed by atoms with E-state index in [1.165, 1.54) is 17.7 Å². The summed E-state index contributed by atoms with van der Waals surface area (Å²) in [4.78, 5) is 12.6. The molecule has 30 heavy (non-hydrogen) atoms. The van der Waals surface area contributed by atoms with Crippen LogP contribution in [0.4, 0.5) is 15.8 Å². The van der Waals surface area contributed by atoms with Crippen molar-refractivity contribution in [3.8, 4) is 11.1 Å². The molecule has 0 atom stereocenters. The minimum absolute atomic E-state index is 0.203. The van der Waals surface area contributed by atoms with Gasteiger partial charge in [-0.05, 0) is 47.4 Å². The van der Waals surface area contributed by atoms with Crippen LogP contribution >= 0.6 is 0 Å². The van der Waals surface area contributed by atoms with E-state index in [2.05, 4.69) is 15.6 Å². The molecule has 0 fully saturated rings. The van der Waals surface area contributed by atoms with E-state index in [0.717, 1.165) is 17.5 Å². The van der Waals surface area contributed by atoms with Crippen molar-refractivity contribution < 1.29 is 9.18 Å². The smallest absolute Gasteiger partial charge is 0.277 e. The van der Waals surface area contributed by atoms with Crippen molar-refractivity contribution in [2.75, 3.05) is 11.1 Å². The van der Waals surface area contributed by atoms with Gasteiger partial charge in [0.1, 0.15) is 5.82 Å². The van der Waals surface area contributed by atoms with E-state index >= 15 is 0 Å². The average molecular weight is 401 g/mol. The number of nitrogen functional groups attached to an aromatic ring is 1. The van der Waals surface area contributed by atoms with Gasteiger partial charge in [0, 0.05) is 6.54 Å². The van der Waals surface area contributed by atoms with Gasteiger partial charge < -0.3 is 11.1 Å². The number of aromatic nitrogens is 3. The van der Waals surface area contributed by atoms with Crippen molar-refractivity contribution >= 4 is 17.3 Å². The first-order chi connectivity index (χ1) is 14.6. The predicted molar refractivity (Wildman–Crippen MR) is 114 cm³/mol. The minimum Gasteiger partial charge on any atom is -0.397 e. The van der Waals surface area contributed by atoms with E-state index in [-0.39, 0.29) is 11.5 Å². The molecule has 0 saturated heterocycles. The van der Waals surface area contributed by atoms with Crippen LogP contribution in [0.1, 0.15) is 16.1 Å². The van der Waals surface area contributed by atoms with Crippen molar-refractivity contribution in [1.29, 1.82) is 0 Å². The number of rotatable bonds is 6. The zero-order valence-corrected chi connectivity index (χ0v) is 16.1. The van der Waals surface area contributed by atoms with Gasteiger partial charge in [-0.1, -0.05) is 53.7 Å². The number of amides is 1. The normalized spacial score (nSPS) is 10.7. The summed E-state index contributed by atoms with van der Waals surface area (Å²) < 4.78 is 14.8. The minimum atomic E-state index is -0.399. The Morgan fingerprint density at radius 1 is 1.00 bits per heavy atom. The second-order valence-electron chi connectivity index (χ2n) is 6.87. The summed E-state index contributed by atoms with van der Waals surface area (Å²) >= 11 is 0. The van der Waals surface area contributed by atoms with Crippen LogP contribution < -0.4 is 11.1 Å². The molecule has 0 aliphatic heterocycles. The van der Waals surface area contributed by atoms with E-state index < -0.39 is 5.91 Å². The van der Waals surface area contributed by atoms with Crippen LogP contribution in [-0.4, -0.2) is 20.9 Å². The van der Waals surface area contributed by atoms with Gasteiger partial charge in [-0.25, -0.2) is 4.39 Å². The number of nitrogens with two attached hydrogens (primary N) is 1.